The number of nitrogens with zero attached hydrogens (tertiary/aromatic N) is 2. The van der Waals surface area contributed by atoms with E-state index in [2.05, 4.69) is 6.92 Å². The molecule has 1 N–H and O–H groups in total. The monoisotopic (exact) mass is 332 g/mol. The Labute approximate surface area is 133 Å². The lowest BCUT2D eigenvalue weighted by atomic mass is 9.95. The van der Waals surface area contributed by atoms with Gasteiger partial charge in [-0.05, 0) is 43.9 Å². The Hall–Kier alpha value is -0.660. The van der Waals surface area contributed by atoms with Crippen LogP contribution in [0.1, 0.15) is 51.9 Å². The molecule has 2 aliphatic heterocycles. The van der Waals surface area contributed by atoms with Crippen molar-refractivity contribution in [3.63, 3.8) is 0 Å². The molecular formula is C15H28N2O4S. The lowest BCUT2D eigenvalue weighted by Gasteiger charge is -2.38. The molecule has 7 heteroatoms. The Kier molecular flexibility index (Phi) is 6.23. The molecule has 1 atom stereocenters. The van der Waals surface area contributed by atoms with E-state index in [0.717, 1.165) is 32.1 Å². The van der Waals surface area contributed by atoms with Crippen LogP contribution in [0.15, 0.2) is 0 Å². The number of carbonyl (C=O) groups is 1. The van der Waals surface area contributed by atoms with Crippen LogP contribution in [0, 0.1) is 11.8 Å². The zero-order valence-corrected chi connectivity index (χ0v) is 14.2. The summed E-state index contributed by atoms with van der Waals surface area (Å²) in [6.45, 7) is 4.45. The first-order valence-corrected chi connectivity index (χ1v) is 9.80. The van der Waals surface area contributed by atoms with Crippen molar-refractivity contribution >= 4 is 16.2 Å². The van der Waals surface area contributed by atoms with Gasteiger partial charge in [-0.25, -0.2) is 0 Å². The van der Waals surface area contributed by atoms with Crippen LogP contribution in [0.3, 0.4) is 0 Å². The van der Waals surface area contributed by atoms with E-state index < -0.39 is 16.2 Å². The van der Waals surface area contributed by atoms with Gasteiger partial charge in [0.1, 0.15) is 0 Å². The molecule has 0 bridgehead atoms. The van der Waals surface area contributed by atoms with E-state index in [1.807, 2.05) is 0 Å². The van der Waals surface area contributed by atoms with Gasteiger partial charge in [0.15, 0.2) is 0 Å². The Balaban J connectivity index is 1.92. The molecule has 0 amide bonds. The summed E-state index contributed by atoms with van der Waals surface area (Å²) in [6, 6.07) is 0. The third-order valence-electron chi connectivity index (χ3n) is 5.05. The van der Waals surface area contributed by atoms with Crippen LogP contribution >= 0.6 is 0 Å². The highest BCUT2D eigenvalue weighted by Gasteiger charge is 2.35. The average Bonchev–Trinajstić information content (AvgIpc) is 2.53. The first-order valence-electron chi connectivity index (χ1n) is 8.40. The minimum atomic E-state index is -3.37. The quantitative estimate of drug-likeness (QED) is 0.806. The highest BCUT2D eigenvalue weighted by Crippen LogP contribution is 2.27. The van der Waals surface area contributed by atoms with Gasteiger partial charge in [0.2, 0.25) is 0 Å². The number of carboxylic acid groups (broad SMARTS) is 1. The summed E-state index contributed by atoms with van der Waals surface area (Å²) < 4.78 is 28.7. The van der Waals surface area contributed by atoms with Crippen LogP contribution in [0.5, 0.6) is 0 Å². The first kappa shape index (κ1) is 17.7. The fourth-order valence-electron chi connectivity index (χ4n) is 3.51. The molecule has 2 fully saturated rings. The Morgan fingerprint density at radius 1 is 1.09 bits per heavy atom. The second-order valence-electron chi connectivity index (χ2n) is 6.56. The molecule has 2 saturated heterocycles. The molecule has 2 aliphatic rings. The molecule has 0 saturated carbocycles. The lowest BCUT2D eigenvalue weighted by molar-refractivity contribution is -0.137. The van der Waals surface area contributed by atoms with Gasteiger partial charge in [0, 0.05) is 32.6 Å². The normalized spacial score (nSPS) is 26.1. The summed E-state index contributed by atoms with van der Waals surface area (Å²) >= 11 is 0. The SMILES string of the molecule is CCC1CCN(S(=O)(=O)N2CCCC(CCC(=O)O)C2)CC1. The average molecular weight is 332 g/mol. The summed E-state index contributed by atoms with van der Waals surface area (Å²) in [7, 11) is -3.37. The van der Waals surface area contributed by atoms with Gasteiger partial charge in [-0.1, -0.05) is 13.3 Å². The molecule has 22 heavy (non-hydrogen) atoms. The molecule has 0 radical (unpaired) electrons. The number of aliphatic carboxylic acids is 1. The molecule has 6 nitrogen and oxygen atoms in total. The zero-order chi connectivity index (χ0) is 16.2. The van der Waals surface area contributed by atoms with Crippen LogP contribution in [0.4, 0.5) is 0 Å². The Morgan fingerprint density at radius 3 is 2.36 bits per heavy atom. The minimum absolute atomic E-state index is 0.125. The van der Waals surface area contributed by atoms with E-state index >= 15 is 0 Å². The molecule has 2 heterocycles. The highest BCUT2D eigenvalue weighted by molar-refractivity contribution is 7.86. The molecule has 0 aromatic heterocycles. The van der Waals surface area contributed by atoms with Crippen LogP contribution in [-0.4, -0.2) is 54.3 Å². The lowest BCUT2D eigenvalue weighted by Crippen LogP contribution is -2.50. The third-order valence-corrected chi connectivity index (χ3v) is 7.05. The maximum atomic E-state index is 12.8. The van der Waals surface area contributed by atoms with Gasteiger partial charge in [0.05, 0.1) is 0 Å². The van der Waals surface area contributed by atoms with E-state index in [1.165, 1.54) is 0 Å². The van der Waals surface area contributed by atoms with Crippen LogP contribution in [0.25, 0.3) is 0 Å². The topological polar surface area (TPSA) is 77.9 Å². The molecular weight excluding hydrogens is 304 g/mol. The van der Waals surface area contributed by atoms with E-state index in [0.29, 0.717) is 38.5 Å². The summed E-state index contributed by atoms with van der Waals surface area (Å²) in [6.07, 6.45) is 5.47. The van der Waals surface area contributed by atoms with E-state index in [1.54, 1.807) is 8.61 Å². The van der Waals surface area contributed by atoms with Gasteiger partial charge in [0.25, 0.3) is 10.2 Å². The van der Waals surface area contributed by atoms with E-state index in [9.17, 15) is 13.2 Å². The molecule has 0 aromatic carbocycles. The molecule has 0 spiro atoms. The molecule has 2 rings (SSSR count). The minimum Gasteiger partial charge on any atom is -0.481 e. The maximum Gasteiger partial charge on any atom is 0.303 e. The van der Waals surface area contributed by atoms with Gasteiger partial charge in [-0.15, -0.1) is 0 Å². The van der Waals surface area contributed by atoms with Crippen molar-refractivity contribution in [3.8, 4) is 0 Å². The van der Waals surface area contributed by atoms with Crippen molar-refractivity contribution in [3.05, 3.63) is 0 Å². The second-order valence-corrected chi connectivity index (χ2v) is 8.49. The van der Waals surface area contributed by atoms with E-state index in [-0.39, 0.29) is 12.3 Å². The van der Waals surface area contributed by atoms with Crippen molar-refractivity contribution in [1.82, 2.24) is 8.61 Å². The number of carboxylic acids is 1. The Morgan fingerprint density at radius 2 is 1.77 bits per heavy atom. The number of piperidine rings is 2. The summed E-state index contributed by atoms with van der Waals surface area (Å²) in [5.41, 5.74) is 0. The maximum absolute atomic E-state index is 12.8. The van der Waals surface area contributed by atoms with Gasteiger partial charge >= 0.3 is 5.97 Å². The largest absolute Gasteiger partial charge is 0.481 e. The number of hydrogen-bond donors (Lipinski definition) is 1. The van der Waals surface area contributed by atoms with Crippen LogP contribution < -0.4 is 0 Å². The Bertz CT molecular complexity index is 472. The van der Waals surface area contributed by atoms with Gasteiger partial charge in [-0.3, -0.25) is 4.79 Å². The highest BCUT2D eigenvalue weighted by atomic mass is 32.2. The van der Waals surface area contributed by atoms with Gasteiger partial charge in [-0.2, -0.15) is 17.0 Å². The third kappa shape index (κ3) is 4.43. The zero-order valence-electron chi connectivity index (χ0n) is 13.4. The summed E-state index contributed by atoms with van der Waals surface area (Å²) in [4.78, 5) is 10.7. The van der Waals surface area contributed by atoms with E-state index in [4.69, 9.17) is 5.11 Å². The van der Waals surface area contributed by atoms with Crippen LogP contribution in [0.2, 0.25) is 0 Å². The molecule has 1 unspecified atom stereocenters. The summed E-state index contributed by atoms with van der Waals surface area (Å²) in [5, 5.41) is 8.78. The molecule has 128 valence electrons. The predicted octanol–water partition coefficient (Wildman–Crippen LogP) is 1.93. The molecule has 0 aromatic rings. The fraction of sp³-hybridized carbons (Fsp3) is 0.933. The van der Waals surface area contributed by atoms with Crippen LogP contribution in [-0.2, 0) is 15.0 Å². The first-order chi connectivity index (χ1) is 10.4. The number of rotatable bonds is 6. The van der Waals surface area contributed by atoms with Crippen molar-refractivity contribution in [2.24, 2.45) is 11.8 Å². The summed E-state index contributed by atoms with van der Waals surface area (Å²) in [5.74, 6) is 0.0190. The standard InChI is InChI=1S/C15H28N2O4S/c1-2-13-7-10-16(11-8-13)22(20,21)17-9-3-4-14(12-17)5-6-15(18)19/h13-14H,2-12H2,1H3,(H,18,19). The van der Waals surface area contributed by atoms with Crippen molar-refractivity contribution in [1.29, 1.82) is 0 Å². The number of hydrogen-bond acceptors (Lipinski definition) is 3. The second kappa shape index (κ2) is 7.75. The van der Waals surface area contributed by atoms with Crippen molar-refractivity contribution in [2.45, 2.75) is 51.9 Å². The van der Waals surface area contributed by atoms with Crippen molar-refractivity contribution in [2.75, 3.05) is 26.2 Å². The predicted molar refractivity (Wildman–Crippen MR) is 84.7 cm³/mol. The van der Waals surface area contributed by atoms with Crippen molar-refractivity contribution < 1.29 is 18.3 Å². The fourth-order valence-corrected chi connectivity index (χ4v) is 5.27. The smallest absolute Gasteiger partial charge is 0.303 e. The molecule has 0 aliphatic carbocycles. The van der Waals surface area contributed by atoms with Gasteiger partial charge < -0.3 is 5.11 Å².